The Hall–Kier alpha value is -1.51. The first kappa shape index (κ1) is 12.0. The molecule has 0 spiro atoms. The van der Waals surface area contributed by atoms with Gasteiger partial charge in [-0.3, -0.25) is 0 Å². The van der Waals surface area contributed by atoms with E-state index >= 15 is 0 Å². The molecule has 1 atom stereocenters. The molecular weight excluding hydrogens is 225 g/mol. The molecule has 0 aliphatic rings. The van der Waals surface area contributed by atoms with Crippen molar-refractivity contribution >= 4 is 7.53 Å². The van der Waals surface area contributed by atoms with Gasteiger partial charge in [-0.05, 0) is 42.5 Å². The van der Waals surface area contributed by atoms with E-state index in [1.54, 1.807) is 0 Å². The van der Waals surface area contributed by atoms with Gasteiger partial charge in [0.15, 0.2) is 0 Å². The molecule has 0 saturated carbocycles. The Labute approximate surface area is 104 Å². The normalized spacial score (nSPS) is 11.2. The smallest absolute Gasteiger partial charge is 0.0628 e. The van der Waals surface area contributed by atoms with Gasteiger partial charge in [-0.25, -0.2) is 0 Å². The van der Waals surface area contributed by atoms with Crippen LogP contribution in [0.3, 0.4) is 0 Å². The number of hydrogen-bond acceptors (Lipinski definition) is 1. The van der Waals surface area contributed by atoms with E-state index in [2.05, 4.69) is 50.0 Å². The van der Waals surface area contributed by atoms with Gasteiger partial charge in [0.25, 0.3) is 0 Å². The maximum absolute atomic E-state index is 8.74. The Morgan fingerprint density at radius 2 is 1.88 bits per heavy atom. The third-order valence-corrected chi connectivity index (χ3v) is 5.67. The van der Waals surface area contributed by atoms with Crippen molar-refractivity contribution < 1.29 is 0 Å². The van der Waals surface area contributed by atoms with E-state index < -0.39 is 0 Å². The minimum atomic E-state index is -0.274. The topological polar surface area (TPSA) is 23.8 Å². The molecule has 17 heavy (non-hydrogen) atoms. The van der Waals surface area contributed by atoms with Gasteiger partial charge in [0.05, 0.1) is 6.07 Å². The summed E-state index contributed by atoms with van der Waals surface area (Å²) in [5.41, 5.74) is 4.11. The van der Waals surface area contributed by atoms with Crippen molar-refractivity contribution in [2.45, 2.75) is 26.4 Å². The highest BCUT2D eigenvalue weighted by molar-refractivity contribution is 7.51. The second-order valence-electron chi connectivity index (χ2n) is 4.25. The van der Waals surface area contributed by atoms with Crippen molar-refractivity contribution in [3.05, 3.63) is 47.3 Å². The van der Waals surface area contributed by atoms with Crippen LogP contribution in [-0.2, 0) is 6.16 Å². The minimum Gasteiger partial charge on any atom is -0.198 e. The summed E-state index contributed by atoms with van der Waals surface area (Å²) in [6.07, 6.45) is 1.64. The van der Waals surface area contributed by atoms with E-state index in [9.17, 15) is 0 Å². The van der Waals surface area contributed by atoms with Crippen LogP contribution in [0.5, 0.6) is 0 Å². The highest BCUT2D eigenvalue weighted by atomic mass is 31.1. The standard InChI is InChI=1S/C15H16NP/c1-12-11-17(10-6-9-16)15(13(12)2)14-7-4-3-5-8-14/h3-5,7-8,11H,6,10H2,1-2H3. The molecule has 1 heterocycles. The lowest BCUT2D eigenvalue weighted by Crippen LogP contribution is -1.78. The van der Waals surface area contributed by atoms with Crippen molar-refractivity contribution in [1.29, 1.82) is 5.26 Å². The van der Waals surface area contributed by atoms with E-state index in [-0.39, 0.29) is 7.53 Å². The monoisotopic (exact) mass is 241 g/mol. The van der Waals surface area contributed by atoms with Crippen molar-refractivity contribution in [3.8, 4) is 16.9 Å². The molecule has 86 valence electrons. The summed E-state index contributed by atoms with van der Waals surface area (Å²) in [5, 5.41) is 10.2. The first-order valence-corrected chi connectivity index (χ1v) is 7.42. The van der Waals surface area contributed by atoms with E-state index in [1.165, 1.54) is 22.0 Å². The molecule has 0 bridgehead atoms. The maximum atomic E-state index is 8.74. The lowest BCUT2D eigenvalue weighted by molar-refractivity contribution is 1.16. The van der Waals surface area contributed by atoms with Gasteiger partial charge in [-0.15, -0.1) is 7.53 Å². The van der Waals surface area contributed by atoms with Gasteiger partial charge in [0, 0.05) is 11.7 Å². The molecule has 2 heteroatoms. The summed E-state index contributed by atoms with van der Waals surface area (Å²) in [4.78, 5) is 0. The van der Waals surface area contributed by atoms with Gasteiger partial charge in [-0.2, -0.15) is 5.26 Å². The van der Waals surface area contributed by atoms with Gasteiger partial charge < -0.3 is 0 Å². The summed E-state index contributed by atoms with van der Waals surface area (Å²) < 4.78 is 0. The summed E-state index contributed by atoms with van der Waals surface area (Å²) in [6.45, 7) is 4.37. The Morgan fingerprint density at radius 1 is 1.18 bits per heavy atom. The molecule has 0 aliphatic carbocycles. The molecule has 0 fully saturated rings. The van der Waals surface area contributed by atoms with Crippen LogP contribution in [0.4, 0.5) is 0 Å². The predicted octanol–water partition coefficient (Wildman–Crippen LogP) is 4.87. The fourth-order valence-corrected chi connectivity index (χ4v) is 4.69. The molecule has 0 aliphatic heterocycles. The third kappa shape index (κ3) is 2.43. The Balaban J connectivity index is 2.48. The van der Waals surface area contributed by atoms with Crippen molar-refractivity contribution in [1.82, 2.24) is 0 Å². The second-order valence-corrected chi connectivity index (χ2v) is 6.35. The van der Waals surface area contributed by atoms with Gasteiger partial charge in [0.2, 0.25) is 0 Å². The van der Waals surface area contributed by atoms with Crippen LogP contribution in [0.15, 0.2) is 36.1 Å². The molecular formula is C15H16NP. The number of benzene rings is 1. The van der Waals surface area contributed by atoms with E-state index in [0.717, 1.165) is 6.16 Å². The van der Waals surface area contributed by atoms with E-state index in [0.29, 0.717) is 6.42 Å². The molecule has 2 rings (SSSR count). The average Bonchev–Trinajstić information content (AvgIpc) is 2.64. The molecule has 2 aromatic rings. The zero-order valence-electron chi connectivity index (χ0n) is 10.3. The van der Waals surface area contributed by atoms with Crippen molar-refractivity contribution in [2.24, 2.45) is 0 Å². The number of hydrogen-bond donors (Lipinski definition) is 0. The summed E-state index contributed by atoms with van der Waals surface area (Å²) in [7, 11) is -0.274. The van der Waals surface area contributed by atoms with E-state index in [4.69, 9.17) is 5.26 Å². The average molecular weight is 241 g/mol. The molecule has 1 nitrogen and oxygen atoms in total. The first-order chi connectivity index (χ1) is 8.24. The number of rotatable bonds is 3. The number of aryl methyl sites for hydroxylation is 2. The summed E-state index contributed by atoms with van der Waals surface area (Å²) in [5.74, 6) is 2.37. The Bertz CT molecular complexity index is 546. The molecule has 0 radical (unpaired) electrons. The van der Waals surface area contributed by atoms with Crippen LogP contribution < -0.4 is 0 Å². The minimum absolute atomic E-state index is 0.274. The number of nitriles is 1. The number of nitrogens with zero attached hydrogens (tertiary/aromatic N) is 1. The highest BCUT2D eigenvalue weighted by Gasteiger charge is 2.11. The van der Waals surface area contributed by atoms with Crippen molar-refractivity contribution in [3.63, 3.8) is 0 Å². The lowest BCUT2D eigenvalue weighted by Gasteiger charge is -2.06. The lowest BCUT2D eigenvalue weighted by atomic mass is 10.1. The Morgan fingerprint density at radius 3 is 2.53 bits per heavy atom. The first-order valence-electron chi connectivity index (χ1n) is 5.82. The maximum Gasteiger partial charge on any atom is 0.0628 e. The highest BCUT2D eigenvalue weighted by Crippen LogP contribution is 2.47. The van der Waals surface area contributed by atoms with Gasteiger partial charge >= 0.3 is 0 Å². The van der Waals surface area contributed by atoms with Crippen LogP contribution in [-0.4, -0.2) is 0 Å². The van der Waals surface area contributed by atoms with E-state index in [1.807, 2.05) is 6.07 Å². The van der Waals surface area contributed by atoms with Crippen molar-refractivity contribution in [2.75, 3.05) is 0 Å². The van der Waals surface area contributed by atoms with Crippen LogP contribution in [0.2, 0.25) is 0 Å². The third-order valence-electron chi connectivity index (χ3n) is 3.10. The summed E-state index contributed by atoms with van der Waals surface area (Å²) in [6, 6.07) is 12.8. The molecule has 1 unspecified atom stereocenters. The quantitative estimate of drug-likeness (QED) is 0.752. The Kier molecular flexibility index (Phi) is 3.67. The zero-order chi connectivity index (χ0) is 12.3. The van der Waals surface area contributed by atoms with Crippen LogP contribution in [0.25, 0.3) is 10.9 Å². The van der Waals surface area contributed by atoms with Crippen LogP contribution in [0, 0.1) is 25.2 Å². The predicted molar refractivity (Wildman–Crippen MR) is 74.3 cm³/mol. The molecule has 0 amide bonds. The van der Waals surface area contributed by atoms with Crippen LogP contribution in [0.1, 0.15) is 17.5 Å². The van der Waals surface area contributed by atoms with Gasteiger partial charge in [-0.1, -0.05) is 30.3 Å². The largest absolute Gasteiger partial charge is 0.198 e. The summed E-state index contributed by atoms with van der Waals surface area (Å²) >= 11 is 0. The molecule has 0 saturated heterocycles. The second kappa shape index (κ2) is 5.21. The van der Waals surface area contributed by atoms with Gasteiger partial charge in [0.1, 0.15) is 0 Å². The van der Waals surface area contributed by atoms with Crippen LogP contribution >= 0.6 is 7.53 Å². The zero-order valence-corrected chi connectivity index (χ0v) is 11.2. The fraction of sp³-hybridized carbons (Fsp3) is 0.267. The molecule has 0 N–H and O–H groups in total. The fourth-order valence-electron chi connectivity index (χ4n) is 2.12. The molecule has 1 aromatic carbocycles. The molecule has 1 aromatic heterocycles. The SMILES string of the molecule is Cc1cp(CCC#N)c(-c2ccccc2)c1C.